The molecule has 0 aliphatic heterocycles. The molecule has 9 heteroatoms. The maximum Gasteiger partial charge on any atom is 0.307 e. The van der Waals surface area contributed by atoms with Gasteiger partial charge < -0.3 is 15.0 Å². The molecule has 8 nitrogen and oxygen atoms in total. The number of ketones is 1. The summed E-state index contributed by atoms with van der Waals surface area (Å²) in [5.74, 6) is -0.899. The summed E-state index contributed by atoms with van der Waals surface area (Å²) in [6, 6.07) is 12.2. The van der Waals surface area contributed by atoms with Gasteiger partial charge in [0.2, 0.25) is 5.82 Å². The van der Waals surface area contributed by atoms with E-state index in [2.05, 4.69) is 10.3 Å². The number of benzene rings is 2. The smallest absolute Gasteiger partial charge is 0.307 e. The molecule has 1 N–H and O–H groups in total. The number of ether oxygens (including phenoxy) is 1. The minimum atomic E-state index is -1.01. The van der Waals surface area contributed by atoms with E-state index in [0.29, 0.717) is 11.1 Å². The van der Waals surface area contributed by atoms with E-state index in [4.69, 9.17) is 4.74 Å². The van der Waals surface area contributed by atoms with E-state index in [0.717, 1.165) is 17.8 Å². The van der Waals surface area contributed by atoms with Gasteiger partial charge in [0.05, 0.1) is 17.7 Å². The van der Waals surface area contributed by atoms with Gasteiger partial charge in [0.25, 0.3) is 0 Å². The first kappa shape index (κ1) is 20.7. The number of nitrogens with one attached hydrogen (secondary N) is 1. The molecule has 3 aromatic rings. The first-order valence-corrected chi connectivity index (χ1v) is 8.87. The van der Waals surface area contributed by atoms with Crippen LogP contribution in [0.1, 0.15) is 15.9 Å². The monoisotopic (exact) mass is 410 g/mol. The van der Waals surface area contributed by atoms with Gasteiger partial charge in [-0.05, 0) is 36.4 Å². The van der Waals surface area contributed by atoms with E-state index in [1.165, 1.54) is 19.4 Å². The summed E-state index contributed by atoms with van der Waals surface area (Å²) >= 11 is 0. The molecule has 0 unspecified atom stereocenters. The van der Waals surface area contributed by atoms with Crippen LogP contribution in [0.15, 0.2) is 54.7 Å². The normalized spacial score (nSPS) is 10.4. The number of carbonyl (C=O) groups excluding carboxylic acids is 1. The zero-order chi connectivity index (χ0) is 21.8. The lowest BCUT2D eigenvalue weighted by atomic mass is 10.0. The maximum absolute atomic E-state index is 13.8. The Morgan fingerprint density at radius 1 is 1.13 bits per heavy atom. The predicted molar refractivity (Wildman–Crippen MR) is 111 cm³/mol. The van der Waals surface area contributed by atoms with Crippen molar-refractivity contribution in [3.05, 3.63) is 81.8 Å². The standard InChI is InChI=1S/C21H19FN4O4/c1-25(2)15-6-4-13(5-7-15)21(27)14-8-9-23-20(10-14)24-17-12-18(26(28)29)16(22)11-19(17)30-3/h4-12H,1-3H3,(H,23,24). The highest BCUT2D eigenvalue weighted by molar-refractivity contribution is 6.09. The van der Waals surface area contributed by atoms with Crippen molar-refractivity contribution >= 4 is 28.7 Å². The lowest BCUT2D eigenvalue weighted by Gasteiger charge is -2.13. The number of nitrogens with zero attached hydrogens (tertiary/aromatic N) is 3. The summed E-state index contributed by atoms with van der Waals surface area (Å²) in [7, 11) is 5.13. The Bertz CT molecular complexity index is 1100. The number of nitro groups is 1. The van der Waals surface area contributed by atoms with Crippen molar-refractivity contribution in [1.29, 1.82) is 0 Å². The quantitative estimate of drug-likeness (QED) is 0.354. The molecule has 0 radical (unpaired) electrons. The van der Waals surface area contributed by atoms with Gasteiger partial charge in [-0.15, -0.1) is 0 Å². The van der Waals surface area contributed by atoms with Crippen molar-refractivity contribution < 1.29 is 18.8 Å². The summed E-state index contributed by atoms with van der Waals surface area (Å²) in [5, 5.41) is 13.9. The fourth-order valence-electron chi connectivity index (χ4n) is 2.81. The number of aromatic nitrogens is 1. The lowest BCUT2D eigenvalue weighted by molar-refractivity contribution is -0.387. The van der Waals surface area contributed by atoms with Crippen LogP contribution in [-0.4, -0.2) is 36.9 Å². The Kier molecular flexibility index (Phi) is 5.91. The molecule has 0 spiro atoms. The Balaban J connectivity index is 1.90. The highest BCUT2D eigenvalue weighted by Gasteiger charge is 2.19. The maximum atomic E-state index is 13.8. The second-order valence-corrected chi connectivity index (χ2v) is 6.59. The molecular weight excluding hydrogens is 391 g/mol. The average Bonchev–Trinajstić information content (AvgIpc) is 2.74. The molecule has 0 saturated heterocycles. The van der Waals surface area contributed by atoms with Crippen LogP contribution >= 0.6 is 0 Å². The van der Waals surface area contributed by atoms with Gasteiger partial charge in [-0.2, -0.15) is 4.39 Å². The summed E-state index contributed by atoms with van der Waals surface area (Å²) in [6.45, 7) is 0. The van der Waals surface area contributed by atoms with Crippen molar-refractivity contribution in [3.63, 3.8) is 0 Å². The topological polar surface area (TPSA) is 97.6 Å². The van der Waals surface area contributed by atoms with Crippen LogP contribution in [0.2, 0.25) is 0 Å². The van der Waals surface area contributed by atoms with Gasteiger partial charge in [0, 0.05) is 49.2 Å². The molecule has 0 amide bonds. The molecule has 0 fully saturated rings. The lowest BCUT2D eigenvalue weighted by Crippen LogP contribution is -2.09. The Morgan fingerprint density at radius 2 is 1.83 bits per heavy atom. The molecular formula is C21H19FN4O4. The zero-order valence-corrected chi connectivity index (χ0v) is 16.5. The number of carbonyl (C=O) groups is 1. The van der Waals surface area contributed by atoms with Crippen molar-refractivity contribution in [2.45, 2.75) is 0 Å². The Morgan fingerprint density at radius 3 is 2.43 bits per heavy atom. The number of anilines is 3. The summed E-state index contributed by atoms with van der Waals surface area (Å²) in [6.07, 6.45) is 1.44. The number of hydrogen-bond acceptors (Lipinski definition) is 7. The highest BCUT2D eigenvalue weighted by Crippen LogP contribution is 2.33. The number of rotatable bonds is 7. The van der Waals surface area contributed by atoms with E-state index >= 15 is 0 Å². The van der Waals surface area contributed by atoms with Crippen LogP contribution in [0.4, 0.5) is 27.3 Å². The number of hydrogen-bond donors (Lipinski definition) is 1. The number of methoxy groups -OCH3 is 1. The van der Waals surface area contributed by atoms with Gasteiger partial charge in [0.15, 0.2) is 5.78 Å². The second-order valence-electron chi connectivity index (χ2n) is 6.59. The number of pyridine rings is 1. The van der Waals surface area contributed by atoms with Crippen LogP contribution in [0, 0.1) is 15.9 Å². The molecule has 0 atom stereocenters. The third kappa shape index (κ3) is 4.35. The zero-order valence-electron chi connectivity index (χ0n) is 16.5. The number of halogens is 1. The second kappa shape index (κ2) is 8.56. The van der Waals surface area contributed by atoms with E-state index in [1.54, 1.807) is 18.2 Å². The summed E-state index contributed by atoms with van der Waals surface area (Å²) in [4.78, 5) is 29.1. The Labute approximate surface area is 172 Å². The van der Waals surface area contributed by atoms with Crippen molar-refractivity contribution in [2.24, 2.45) is 0 Å². The van der Waals surface area contributed by atoms with Gasteiger partial charge in [-0.1, -0.05) is 0 Å². The van der Waals surface area contributed by atoms with E-state index in [1.807, 2.05) is 31.1 Å². The predicted octanol–water partition coefficient (Wildman–Crippen LogP) is 4.18. The van der Waals surface area contributed by atoms with Crippen LogP contribution < -0.4 is 15.0 Å². The van der Waals surface area contributed by atoms with E-state index < -0.39 is 16.4 Å². The summed E-state index contributed by atoms with van der Waals surface area (Å²) in [5.41, 5.74) is 1.30. The Hall–Kier alpha value is -4.01. The molecule has 0 bridgehead atoms. The fourth-order valence-corrected chi connectivity index (χ4v) is 2.81. The van der Waals surface area contributed by atoms with Crippen molar-refractivity contribution in [2.75, 3.05) is 31.4 Å². The largest absolute Gasteiger partial charge is 0.494 e. The van der Waals surface area contributed by atoms with Crippen molar-refractivity contribution in [3.8, 4) is 5.75 Å². The molecule has 1 heterocycles. The molecule has 1 aromatic heterocycles. The minimum Gasteiger partial charge on any atom is -0.494 e. The van der Waals surface area contributed by atoms with E-state index in [-0.39, 0.29) is 23.0 Å². The third-order valence-corrected chi connectivity index (χ3v) is 4.40. The molecule has 3 rings (SSSR count). The van der Waals surface area contributed by atoms with E-state index in [9.17, 15) is 19.3 Å². The van der Waals surface area contributed by atoms with Crippen LogP contribution in [-0.2, 0) is 0 Å². The highest BCUT2D eigenvalue weighted by atomic mass is 19.1. The first-order chi connectivity index (χ1) is 14.3. The van der Waals surface area contributed by atoms with Gasteiger partial charge in [0.1, 0.15) is 11.6 Å². The molecule has 30 heavy (non-hydrogen) atoms. The number of nitro benzene ring substituents is 1. The minimum absolute atomic E-state index is 0.0657. The van der Waals surface area contributed by atoms with Crippen LogP contribution in [0.5, 0.6) is 5.75 Å². The van der Waals surface area contributed by atoms with Crippen molar-refractivity contribution in [1.82, 2.24) is 4.98 Å². The third-order valence-electron chi connectivity index (χ3n) is 4.40. The SMILES string of the molecule is COc1cc(F)c([N+](=O)[O-])cc1Nc1cc(C(=O)c2ccc(N(C)C)cc2)ccn1. The average molecular weight is 410 g/mol. The molecule has 2 aromatic carbocycles. The van der Waals surface area contributed by atoms with Gasteiger partial charge in [-0.25, -0.2) is 4.98 Å². The van der Waals surface area contributed by atoms with Gasteiger partial charge in [-0.3, -0.25) is 14.9 Å². The molecule has 154 valence electrons. The molecule has 0 aliphatic rings. The summed E-state index contributed by atoms with van der Waals surface area (Å²) < 4.78 is 18.9. The van der Waals surface area contributed by atoms with Gasteiger partial charge >= 0.3 is 5.69 Å². The van der Waals surface area contributed by atoms with Crippen LogP contribution in [0.3, 0.4) is 0 Å². The molecule has 0 aliphatic carbocycles. The fraction of sp³-hybridized carbons (Fsp3) is 0.143. The molecule has 0 saturated carbocycles. The van der Waals surface area contributed by atoms with Crippen LogP contribution in [0.25, 0.3) is 0 Å². The first-order valence-electron chi connectivity index (χ1n) is 8.87.